The van der Waals surface area contributed by atoms with E-state index in [2.05, 4.69) is 4.72 Å². The van der Waals surface area contributed by atoms with Crippen LogP contribution in [-0.2, 0) is 10.0 Å². The van der Waals surface area contributed by atoms with E-state index in [9.17, 15) is 8.42 Å². The minimum Gasteiger partial charge on any atom is -1.00 e. The fraction of sp³-hybridized carbons (Fsp3) is 1.00. The number of unbranched alkanes of at least 4 members (excludes halogenated alkanes) is 1. The van der Waals surface area contributed by atoms with Gasteiger partial charge in [0.1, 0.15) is 0 Å². The Hall–Kier alpha value is 0.910. The molecule has 1 N–H and O–H groups in total. The number of rotatable bonds is 4. The van der Waals surface area contributed by atoms with Crippen LogP contribution in [0.4, 0.5) is 0 Å². The Bertz CT molecular complexity index is 160. The first-order chi connectivity index (χ1) is 4.12. The summed E-state index contributed by atoms with van der Waals surface area (Å²) in [5.41, 5.74) is 0. The molecule has 0 rings (SSSR count). The van der Waals surface area contributed by atoms with Crippen molar-refractivity contribution in [2.45, 2.75) is 19.8 Å². The van der Waals surface area contributed by atoms with Gasteiger partial charge >= 0.3 is 29.6 Å². The van der Waals surface area contributed by atoms with Gasteiger partial charge in [-0.25, -0.2) is 13.1 Å². The molecule has 0 unspecified atom stereocenters. The largest absolute Gasteiger partial charge is 1.00 e. The second-order valence-corrected chi connectivity index (χ2v) is 3.92. The van der Waals surface area contributed by atoms with E-state index in [4.69, 9.17) is 0 Å². The van der Waals surface area contributed by atoms with Gasteiger partial charge < -0.3 is 1.43 Å². The molecule has 0 aliphatic rings. The Kier molecular flexibility index (Phi) is 8.92. The molecule has 0 atom stereocenters. The molecule has 0 aromatic rings. The number of nitrogens with one attached hydrogen (secondary N) is 1. The summed E-state index contributed by atoms with van der Waals surface area (Å²) in [6, 6.07) is 0. The summed E-state index contributed by atoms with van der Waals surface area (Å²) in [7, 11) is -1.50. The second-order valence-electron chi connectivity index (χ2n) is 1.88. The van der Waals surface area contributed by atoms with Gasteiger partial charge in [-0.05, 0) is 13.5 Å². The van der Waals surface area contributed by atoms with E-state index in [1.165, 1.54) is 7.05 Å². The van der Waals surface area contributed by atoms with Crippen LogP contribution in [0.5, 0.6) is 0 Å². The van der Waals surface area contributed by atoms with Crippen LogP contribution in [0.25, 0.3) is 0 Å². The molecule has 0 saturated heterocycles. The van der Waals surface area contributed by atoms with Gasteiger partial charge in [-0.3, -0.25) is 0 Å². The first-order valence-corrected chi connectivity index (χ1v) is 4.69. The standard InChI is InChI=1S/C5H13NO2S.Na.H/c1-3-4-5-9(7,8)6-2;;/h6H,3-5H2,1-2H3;;/q;+1;-1. The molecular weight excluding hydrogens is 161 g/mol. The van der Waals surface area contributed by atoms with Crippen LogP contribution in [0, 0.1) is 0 Å². The third-order valence-electron chi connectivity index (χ3n) is 1.08. The van der Waals surface area contributed by atoms with Crippen LogP contribution < -0.4 is 34.3 Å². The van der Waals surface area contributed by atoms with Crippen molar-refractivity contribution in [2.75, 3.05) is 12.8 Å². The van der Waals surface area contributed by atoms with Gasteiger partial charge in [-0.2, -0.15) is 0 Å². The van der Waals surface area contributed by atoms with Gasteiger partial charge in [0.25, 0.3) is 0 Å². The summed E-state index contributed by atoms with van der Waals surface area (Å²) >= 11 is 0. The van der Waals surface area contributed by atoms with E-state index in [-0.39, 0.29) is 36.7 Å². The van der Waals surface area contributed by atoms with Crippen LogP contribution in [0.2, 0.25) is 0 Å². The Labute approximate surface area is 86.4 Å². The smallest absolute Gasteiger partial charge is 1.00 e. The van der Waals surface area contributed by atoms with Crippen molar-refractivity contribution in [3.8, 4) is 0 Å². The van der Waals surface area contributed by atoms with Crippen molar-refractivity contribution in [3.63, 3.8) is 0 Å². The van der Waals surface area contributed by atoms with Crippen LogP contribution in [0.15, 0.2) is 0 Å². The van der Waals surface area contributed by atoms with Crippen LogP contribution in [-0.4, -0.2) is 21.2 Å². The zero-order chi connectivity index (χ0) is 7.33. The average molecular weight is 175 g/mol. The molecular formula is C5H14NNaO2S. The van der Waals surface area contributed by atoms with Gasteiger partial charge in [0.05, 0.1) is 5.75 Å². The average Bonchev–Trinajstić information content (AvgIpc) is 1.84. The Morgan fingerprint density at radius 3 is 2.30 bits per heavy atom. The Balaban J connectivity index is -0.000000320. The summed E-state index contributed by atoms with van der Waals surface area (Å²) in [5, 5.41) is 0. The molecule has 0 aromatic heterocycles. The maximum absolute atomic E-state index is 10.6. The maximum atomic E-state index is 10.6. The molecule has 0 aliphatic heterocycles. The van der Waals surface area contributed by atoms with Crippen LogP contribution >= 0.6 is 0 Å². The molecule has 0 fully saturated rings. The molecule has 0 aliphatic carbocycles. The fourth-order valence-electron chi connectivity index (χ4n) is 0.436. The Morgan fingerprint density at radius 2 is 2.00 bits per heavy atom. The molecule has 0 saturated carbocycles. The minimum atomic E-state index is -2.93. The summed E-state index contributed by atoms with van der Waals surface area (Å²) in [6.07, 6.45) is 1.66. The third-order valence-corrected chi connectivity index (χ3v) is 2.53. The van der Waals surface area contributed by atoms with Crippen LogP contribution in [0.1, 0.15) is 21.2 Å². The van der Waals surface area contributed by atoms with E-state index in [1.54, 1.807) is 0 Å². The fourth-order valence-corrected chi connectivity index (χ4v) is 1.31. The SMILES string of the molecule is CCCCS(=O)(=O)NC.[H-].[Na+]. The van der Waals surface area contributed by atoms with E-state index in [1.807, 2.05) is 6.92 Å². The molecule has 10 heavy (non-hydrogen) atoms. The van der Waals surface area contributed by atoms with Crippen molar-refractivity contribution >= 4 is 10.0 Å². The number of sulfonamides is 1. The van der Waals surface area contributed by atoms with E-state index >= 15 is 0 Å². The number of hydrogen-bond acceptors (Lipinski definition) is 2. The minimum absolute atomic E-state index is 0. The summed E-state index contributed by atoms with van der Waals surface area (Å²) in [4.78, 5) is 0. The molecule has 0 spiro atoms. The van der Waals surface area contributed by atoms with Crippen molar-refractivity contribution in [2.24, 2.45) is 0 Å². The molecule has 0 radical (unpaired) electrons. The zero-order valence-corrected chi connectivity index (χ0v) is 9.66. The predicted molar refractivity (Wildman–Crippen MR) is 38.9 cm³/mol. The monoisotopic (exact) mass is 175 g/mol. The molecule has 0 bridgehead atoms. The first-order valence-electron chi connectivity index (χ1n) is 3.03. The second kappa shape index (κ2) is 6.61. The summed E-state index contributed by atoms with van der Waals surface area (Å²) < 4.78 is 23.5. The van der Waals surface area contributed by atoms with Crippen molar-refractivity contribution < 1.29 is 39.4 Å². The zero-order valence-electron chi connectivity index (χ0n) is 7.85. The quantitative estimate of drug-likeness (QED) is 0.478. The van der Waals surface area contributed by atoms with Crippen molar-refractivity contribution in [3.05, 3.63) is 0 Å². The molecule has 3 nitrogen and oxygen atoms in total. The van der Waals surface area contributed by atoms with E-state index in [0.717, 1.165) is 12.8 Å². The first kappa shape index (κ1) is 13.5. The van der Waals surface area contributed by atoms with E-state index in [0.29, 0.717) is 0 Å². The number of hydrogen-bond donors (Lipinski definition) is 1. The topological polar surface area (TPSA) is 46.2 Å². The molecule has 58 valence electrons. The van der Waals surface area contributed by atoms with Gasteiger partial charge in [0.15, 0.2) is 0 Å². The van der Waals surface area contributed by atoms with Crippen molar-refractivity contribution in [1.29, 1.82) is 0 Å². The molecule has 0 amide bonds. The summed E-state index contributed by atoms with van der Waals surface area (Å²) in [6.45, 7) is 1.96. The van der Waals surface area contributed by atoms with Gasteiger partial charge in [0, 0.05) is 0 Å². The maximum Gasteiger partial charge on any atom is 1.00 e. The van der Waals surface area contributed by atoms with Gasteiger partial charge in [-0.15, -0.1) is 0 Å². The van der Waals surface area contributed by atoms with Gasteiger partial charge in [0.2, 0.25) is 10.0 Å². The third kappa shape index (κ3) is 7.02. The molecule has 5 heteroatoms. The van der Waals surface area contributed by atoms with Crippen LogP contribution in [0.3, 0.4) is 0 Å². The normalized spacial score (nSPS) is 10.6. The summed E-state index contributed by atoms with van der Waals surface area (Å²) in [5.74, 6) is 0.250. The molecule has 0 aromatic carbocycles. The van der Waals surface area contributed by atoms with Crippen molar-refractivity contribution in [1.82, 2.24) is 4.72 Å². The molecule has 0 heterocycles. The van der Waals surface area contributed by atoms with E-state index < -0.39 is 10.0 Å². The van der Waals surface area contributed by atoms with Gasteiger partial charge in [-0.1, -0.05) is 13.3 Å². The Morgan fingerprint density at radius 1 is 1.50 bits per heavy atom. The predicted octanol–water partition coefficient (Wildman–Crippen LogP) is -2.55.